The Morgan fingerprint density at radius 2 is 0.887 bits per heavy atom. The first-order valence-corrected chi connectivity index (χ1v) is 18.7. The second-order valence-corrected chi connectivity index (χ2v) is 14.6. The Bertz CT molecular complexity index is 3240. The van der Waals surface area contributed by atoms with E-state index >= 15 is 0 Å². The second-order valence-electron chi connectivity index (χ2n) is 13.5. The van der Waals surface area contributed by atoms with Crippen molar-refractivity contribution >= 4 is 74.6 Å². The Balaban J connectivity index is 1.15. The van der Waals surface area contributed by atoms with Gasteiger partial charge in [0, 0.05) is 36.9 Å². The largest absolute Gasteiger partial charge is 0.208 e. The van der Waals surface area contributed by atoms with E-state index in [1.807, 2.05) is 18.2 Å². The predicted octanol–water partition coefficient (Wildman–Crippen LogP) is 13.5. The molecule has 0 saturated heterocycles. The van der Waals surface area contributed by atoms with Crippen LogP contribution in [0.1, 0.15) is 0 Å². The lowest BCUT2D eigenvalue weighted by Crippen LogP contribution is -2.00. The number of hydrogen-bond acceptors (Lipinski definition) is 4. The summed E-state index contributed by atoms with van der Waals surface area (Å²) in [6, 6.07) is 62.8. The fourth-order valence-corrected chi connectivity index (χ4v) is 9.17. The maximum absolute atomic E-state index is 5.23. The fourth-order valence-electron chi connectivity index (χ4n) is 8.03. The highest BCUT2D eigenvalue weighted by Gasteiger charge is 2.19. The topological polar surface area (TPSA) is 38.7 Å². The number of aromatic nitrogens is 3. The summed E-state index contributed by atoms with van der Waals surface area (Å²) in [6.45, 7) is 0. The Morgan fingerprint density at radius 1 is 0.302 bits per heavy atom. The summed E-state index contributed by atoms with van der Waals surface area (Å²) in [6.07, 6.45) is 0. The van der Waals surface area contributed by atoms with E-state index in [1.54, 1.807) is 11.3 Å². The third-order valence-electron chi connectivity index (χ3n) is 10.5. The van der Waals surface area contributed by atoms with Crippen molar-refractivity contribution < 1.29 is 0 Å². The first kappa shape index (κ1) is 29.9. The molecule has 11 aromatic rings. The van der Waals surface area contributed by atoms with Gasteiger partial charge in [-0.15, -0.1) is 11.3 Å². The molecule has 3 nitrogen and oxygen atoms in total. The summed E-state index contributed by atoms with van der Waals surface area (Å²) < 4.78 is 2.50. The minimum absolute atomic E-state index is 0.654. The van der Waals surface area contributed by atoms with Gasteiger partial charge in [0.1, 0.15) is 0 Å². The Labute approximate surface area is 309 Å². The fraction of sp³-hybridized carbons (Fsp3) is 0. The smallest absolute Gasteiger partial charge is 0.164 e. The van der Waals surface area contributed by atoms with E-state index in [-0.39, 0.29) is 0 Å². The maximum Gasteiger partial charge on any atom is 0.164 e. The molecule has 0 saturated carbocycles. The molecule has 0 aliphatic heterocycles. The Kier molecular flexibility index (Phi) is 6.73. The van der Waals surface area contributed by atoms with Crippen LogP contribution in [0.3, 0.4) is 0 Å². The minimum Gasteiger partial charge on any atom is -0.208 e. The van der Waals surface area contributed by atoms with Gasteiger partial charge in [0.25, 0.3) is 0 Å². The molecule has 0 aliphatic rings. The lowest BCUT2D eigenvalue weighted by atomic mass is 9.87. The monoisotopic (exact) mass is 691 g/mol. The standard InChI is InChI=1S/C49H29N3S/c1-2-13-31(14-3-1)47-50-48(33-23-24-39-38-20-10-11-21-44(38)53-45(39)29-33)52-49(51-47)42-27-26-40(36-18-8-9-19-37(36)42)46-35-17-7-5-15-32(35)28-43-34-16-6-4-12-30(34)22-25-41(43)46/h1-29H. The van der Waals surface area contributed by atoms with Crippen molar-refractivity contribution in [2.24, 2.45) is 0 Å². The van der Waals surface area contributed by atoms with Gasteiger partial charge in [0.05, 0.1) is 0 Å². The van der Waals surface area contributed by atoms with Crippen molar-refractivity contribution in [3.05, 3.63) is 176 Å². The molecule has 2 heterocycles. The molecular weight excluding hydrogens is 663 g/mol. The van der Waals surface area contributed by atoms with E-state index < -0.39 is 0 Å². The highest BCUT2D eigenvalue weighted by Crippen LogP contribution is 2.44. The number of hydrogen-bond donors (Lipinski definition) is 0. The van der Waals surface area contributed by atoms with Crippen LogP contribution < -0.4 is 0 Å². The molecule has 11 rings (SSSR count). The lowest BCUT2D eigenvalue weighted by Gasteiger charge is -2.17. The number of fused-ring (bicyclic) bond motifs is 8. The van der Waals surface area contributed by atoms with Gasteiger partial charge >= 0.3 is 0 Å². The lowest BCUT2D eigenvalue weighted by molar-refractivity contribution is 1.08. The van der Waals surface area contributed by atoms with Crippen LogP contribution in [-0.4, -0.2) is 15.0 Å². The van der Waals surface area contributed by atoms with Crippen LogP contribution in [-0.2, 0) is 0 Å². The van der Waals surface area contributed by atoms with Crippen molar-refractivity contribution in [1.82, 2.24) is 15.0 Å². The molecule has 246 valence electrons. The maximum atomic E-state index is 5.23. The van der Waals surface area contributed by atoms with Crippen LogP contribution in [0.25, 0.3) is 109 Å². The summed E-state index contributed by atoms with van der Waals surface area (Å²) >= 11 is 1.80. The molecule has 0 amide bonds. The number of thiophene rings is 1. The zero-order valence-electron chi connectivity index (χ0n) is 28.5. The quantitative estimate of drug-likeness (QED) is 0.136. The molecule has 0 radical (unpaired) electrons. The van der Waals surface area contributed by atoms with Crippen LogP contribution in [0.2, 0.25) is 0 Å². The minimum atomic E-state index is 0.654. The number of rotatable bonds is 4. The van der Waals surface area contributed by atoms with Gasteiger partial charge in [-0.25, -0.2) is 15.0 Å². The average Bonchev–Trinajstić information content (AvgIpc) is 3.61. The van der Waals surface area contributed by atoms with E-state index in [4.69, 9.17) is 15.0 Å². The van der Waals surface area contributed by atoms with Crippen molar-refractivity contribution in [2.75, 3.05) is 0 Å². The third kappa shape index (κ3) is 4.84. The number of nitrogens with zero attached hydrogens (tertiary/aromatic N) is 3. The van der Waals surface area contributed by atoms with Crippen LogP contribution in [0.4, 0.5) is 0 Å². The van der Waals surface area contributed by atoms with Crippen LogP contribution in [0.15, 0.2) is 176 Å². The zero-order valence-corrected chi connectivity index (χ0v) is 29.3. The van der Waals surface area contributed by atoms with E-state index in [0.717, 1.165) is 27.5 Å². The highest BCUT2D eigenvalue weighted by atomic mass is 32.1. The molecule has 0 N–H and O–H groups in total. The van der Waals surface area contributed by atoms with E-state index in [2.05, 4.69) is 158 Å². The van der Waals surface area contributed by atoms with E-state index in [1.165, 1.54) is 63.6 Å². The molecule has 0 spiro atoms. The van der Waals surface area contributed by atoms with E-state index in [9.17, 15) is 0 Å². The number of benzene rings is 9. The van der Waals surface area contributed by atoms with Crippen LogP contribution in [0.5, 0.6) is 0 Å². The molecule has 53 heavy (non-hydrogen) atoms. The normalized spacial score (nSPS) is 11.8. The molecule has 0 fully saturated rings. The predicted molar refractivity (Wildman–Crippen MR) is 224 cm³/mol. The Morgan fingerprint density at radius 3 is 1.72 bits per heavy atom. The van der Waals surface area contributed by atoms with Gasteiger partial charge in [-0.1, -0.05) is 152 Å². The summed E-state index contributed by atoms with van der Waals surface area (Å²) in [7, 11) is 0. The van der Waals surface area contributed by atoms with E-state index in [0.29, 0.717) is 17.5 Å². The van der Waals surface area contributed by atoms with Gasteiger partial charge in [0.2, 0.25) is 0 Å². The van der Waals surface area contributed by atoms with Crippen molar-refractivity contribution in [2.45, 2.75) is 0 Å². The van der Waals surface area contributed by atoms with Gasteiger partial charge in [-0.3, -0.25) is 0 Å². The Hall–Kier alpha value is -6.75. The molecule has 0 bridgehead atoms. The summed E-state index contributed by atoms with van der Waals surface area (Å²) in [4.78, 5) is 15.5. The molecule has 9 aromatic carbocycles. The molecule has 0 unspecified atom stereocenters. The van der Waals surface area contributed by atoms with Gasteiger partial charge in [-0.05, 0) is 78.5 Å². The average molecular weight is 692 g/mol. The van der Waals surface area contributed by atoms with Crippen molar-refractivity contribution in [1.29, 1.82) is 0 Å². The second kappa shape index (κ2) is 11.9. The molecule has 0 aliphatic carbocycles. The van der Waals surface area contributed by atoms with Gasteiger partial charge in [0.15, 0.2) is 17.5 Å². The molecule has 2 aromatic heterocycles. The summed E-state index contributed by atoms with van der Waals surface area (Å²) in [5, 5.41) is 12.3. The molecular formula is C49H29N3S. The SMILES string of the molecule is c1ccc(-c2nc(-c3ccc4c(c3)sc3ccccc34)nc(-c3ccc(-c4c5ccccc5cc5c4ccc4ccccc45)c4ccccc34)n2)cc1. The van der Waals surface area contributed by atoms with Crippen molar-refractivity contribution in [3.63, 3.8) is 0 Å². The first-order valence-electron chi connectivity index (χ1n) is 17.9. The summed E-state index contributed by atoms with van der Waals surface area (Å²) in [5.41, 5.74) is 5.33. The highest BCUT2D eigenvalue weighted by molar-refractivity contribution is 7.25. The molecule has 4 heteroatoms. The van der Waals surface area contributed by atoms with Crippen LogP contribution >= 0.6 is 11.3 Å². The van der Waals surface area contributed by atoms with Crippen molar-refractivity contribution in [3.8, 4) is 45.3 Å². The third-order valence-corrected chi connectivity index (χ3v) is 11.6. The first-order chi connectivity index (χ1) is 26.3. The van der Waals surface area contributed by atoms with Gasteiger partial charge in [-0.2, -0.15) is 0 Å². The van der Waals surface area contributed by atoms with Gasteiger partial charge < -0.3 is 0 Å². The molecule has 0 atom stereocenters. The summed E-state index contributed by atoms with van der Waals surface area (Å²) in [5.74, 6) is 1.97. The van der Waals surface area contributed by atoms with Crippen LogP contribution in [0, 0.1) is 0 Å². The zero-order chi connectivity index (χ0) is 34.9.